The zero-order valence-corrected chi connectivity index (χ0v) is 15.0. The summed E-state index contributed by atoms with van der Waals surface area (Å²) in [5.41, 5.74) is 5.61. The Hall–Kier alpha value is -2.10. The first kappa shape index (κ1) is 17.3. The van der Waals surface area contributed by atoms with Gasteiger partial charge in [0, 0.05) is 11.0 Å². The van der Waals surface area contributed by atoms with Crippen molar-refractivity contribution in [3.05, 3.63) is 35.0 Å². The van der Waals surface area contributed by atoms with Gasteiger partial charge in [-0.3, -0.25) is 9.89 Å². The smallest absolute Gasteiger partial charge is 0.229 e. The van der Waals surface area contributed by atoms with Crippen LogP contribution in [0.3, 0.4) is 0 Å². The summed E-state index contributed by atoms with van der Waals surface area (Å²) >= 11 is 0. The molecule has 0 bridgehead atoms. The molecule has 1 heterocycles. The van der Waals surface area contributed by atoms with Gasteiger partial charge in [-0.1, -0.05) is 57.9 Å². The maximum absolute atomic E-state index is 12.5. The van der Waals surface area contributed by atoms with Crippen molar-refractivity contribution in [3.8, 4) is 11.3 Å². The highest BCUT2D eigenvalue weighted by molar-refractivity contribution is 5.98. The number of anilines is 1. The average molecular weight is 313 g/mol. The fourth-order valence-corrected chi connectivity index (χ4v) is 2.52. The summed E-state index contributed by atoms with van der Waals surface area (Å²) in [5.74, 6) is 0.00210. The maximum Gasteiger partial charge on any atom is 0.229 e. The third kappa shape index (κ3) is 3.81. The van der Waals surface area contributed by atoms with E-state index in [1.54, 1.807) is 0 Å². The van der Waals surface area contributed by atoms with Crippen LogP contribution < -0.4 is 5.32 Å². The van der Waals surface area contributed by atoms with Crippen LogP contribution in [0.2, 0.25) is 0 Å². The minimum atomic E-state index is -0.444. The number of rotatable bonds is 4. The molecular formula is C19H27N3O. The molecule has 4 heteroatoms. The summed E-state index contributed by atoms with van der Waals surface area (Å²) in [4.78, 5) is 12.5. The minimum Gasteiger partial charge on any atom is -0.322 e. The van der Waals surface area contributed by atoms with Crippen LogP contribution in [0, 0.1) is 19.3 Å². The van der Waals surface area contributed by atoms with E-state index < -0.39 is 5.41 Å². The fraction of sp³-hybridized carbons (Fsp3) is 0.474. The molecule has 0 aliphatic heterocycles. The van der Waals surface area contributed by atoms with E-state index in [9.17, 15) is 4.79 Å². The zero-order chi connectivity index (χ0) is 17.2. The van der Waals surface area contributed by atoms with E-state index in [1.807, 2.05) is 20.8 Å². The van der Waals surface area contributed by atoms with Gasteiger partial charge in [-0.05, 0) is 25.8 Å². The summed E-state index contributed by atoms with van der Waals surface area (Å²) in [6.45, 7) is 12.0. The van der Waals surface area contributed by atoms with Crippen molar-refractivity contribution in [2.24, 2.45) is 5.41 Å². The molecule has 0 atom stereocenters. The van der Waals surface area contributed by atoms with Crippen molar-refractivity contribution >= 4 is 11.6 Å². The van der Waals surface area contributed by atoms with Gasteiger partial charge in [0.1, 0.15) is 5.69 Å². The Morgan fingerprint density at radius 1 is 1.26 bits per heavy atom. The van der Waals surface area contributed by atoms with Crippen LogP contribution in [0.15, 0.2) is 18.2 Å². The lowest BCUT2D eigenvalue weighted by Crippen LogP contribution is -2.28. The van der Waals surface area contributed by atoms with Gasteiger partial charge in [-0.15, -0.1) is 0 Å². The minimum absolute atomic E-state index is 0.00210. The van der Waals surface area contributed by atoms with E-state index >= 15 is 0 Å². The number of carbonyl (C=O) groups excluding carboxylic acids is 1. The van der Waals surface area contributed by atoms with Gasteiger partial charge in [0.15, 0.2) is 0 Å². The first-order chi connectivity index (χ1) is 10.7. The number of aromatic nitrogens is 2. The Kier molecular flexibility index (Phi) is 4.93. The standard InChI is InChI=1S/C19H27N3O/c1-7-8-15-17(20-18(23)19(4,5)6)16(22-21-15)14-10-9-12(2)11-13(14)3/h9-11H,7-8H2,1-6H3,(H,20,23)(H,21,22). The van der Waals surface area contributed by atoms with E-state index in [0.717, 1.165) is 41.0 Å². The van der Waals surface area contributed by atoms with Crippen molar-refractivity contribution in [3.63, 3.8) is 0 Å². The van der Waals surface area contributed by atoms with Crippen molar-refractivity contribution < 1.29 is 4.79 Å². The number of carbonyl (C=O) groups is 1. The molecule has 2 rings (SSSR count). The number of nitrogens with one attached hydrogen (secondary N) is 2. The van der Waals surface area contributed by atoms with E-state index in [-0.39, 0.29) is 5.91 Å². The van der Waals surface area contributed by atoms with Crippen LogP contribution >= 0.6 is 0 Å². The Morgan fingerprint density at radius 3 is 2.52 bits per heavy atom. The van der Waals surface area contributed by atoms with Crippen LogP contribution in [0.5, 0.6) is 0 Å². The molecule has 0 unspecified atom stereocenters. The predicted octanol–water partition coefficient (Wildman–Crippen LogP) is 4.63. The van der Waals surface area contributed by atoms with E-state index in [0.29, 0.717) is 0 Å². The van der Waals surface area contributed by atoms with Gasteiger partial charge in [0.05, 0.1) is 11.4 Å². The van der Waals surface area contributed by atoms with Crippen LogP contribution in [0.1, 0.15) is 50.9 Å². The molecule has 0 aliphatic rings. The van der Waals surface area contributed by atoms with Crippen molar-refractivity contribution in [2.45, 2.75) is 54.4 Å². The third-order valence-corrected chi connectivity index (χ3v) is 3.90. The highest BCUT2D eigenvalue weighted by Gasteiger charge is 2.25. The number of nitrogens with zero attached hydrogens (tertiary/aromatic N) is 1. The summed E-state index contributed by atoms with van der Waals surface area (Å²) in [6, 6.07) is 6.29. The number of hydrogen-bond donors (Lipinski definition) is 2. The Bertz CT molecular complexity index is 708. The highest BCUT2D eigenvalue weighted by Crippen LogP contribution is 2.33. The van der Waals surface area contributed by atoms with Crippen molar-refractivity contribution in [1.29, 1.82) is 0 Å². The molecule has 2 N–H and O–H groups in total. The number of aromatic amines is 1. The molecule has 2 aromatic rings. The Balaban J connectivity index is 2.50. The van der Waals surface area contributed by atoms with Gasteiger partial charge < -0.3 is 5.32 Å². The third-order valence-electron chi connectivity index (χ3n) is 3.90. The number of hydrogen-bond acceptors (Lipinski definition) is 2. The van der Waals surface area contributed by atoms with Gasteiger partial charge in [0.25, 0.3) is 0 Å². The predicted molar refractivity (Wildman–Crippen MR) is 95.6 cm³/mol. The van der Waals surface area contributed by atoms with E-state index in [1.165, 1.54) is 5.56 Å². The van der Waals surface area contributed by atoms with Crippen LogP contribution in [-0.2, 0) is 11.2 Å². The Morgan fingerprint density at radius 2 is 1.96 bits per heavy atom. The molecule has 0 spiro atoms. The molecule has 0 aliphatic carbocycles. The number of benzene rings is 1. The van der Waals surface area contributed by atoms with Gasteiger partial charge >= 0.3 is 0 Å². The second-order valence-corrected chi connectivity index (χ2v) is 7.20. The highest BCUT2D eigenvalue weighted by atomic mass is 16.2. The molecule has 0 saturated heterocycles. The van der Waals surface area contributed by atoms with Gasteiger partial charge in [-0.2, -0.15) is 5.10 Å². The van der Waals surface area contributed by atoms with E-state index in [4.69, 9.17) is 0 Å². The molecule has 23 heavy (non-hydrogen) atoms. The molecule has 4 nitrogen and oxygen atoms in total. The molecule has 124 valence electrons. The first-order valence-corrected chi connectivity index (χ1v) is 8.20. The molecule has 0 radical (unpaired) electrons. The normalized spacial score (nSPS) is 11.6. The van der Waals surface area contributed by atoms with Gasteiger partial charge in [0.2, 0.25) is 5.91 Å². The molecule has 1 aromatic heterocycles. The number of H-pyrrole nitrogens is 1. The molecule has 1 aromatic carbocycles. The summed E-state index contributed by atoms with van der Waals surface area (Å²) in [6.07, 6.45) is 1.85. The molecule has 0 fully saturated rings. The largest absolute Gasteiger partial charge is 0.322 e. The van der Waals surface area contributed by atoms with Crippen molar-refractivity contribution in [2.75, 3.05) is 5.32 Å². The Labute approximate surface area is 138 Å². The lowest BCUT2D eigenvalue weighted by atomic mass is 9.95. The summed E-state index contributed by atoms with van der Waals surface area (Å²) in [5, 5.41) is 10.7. The zero-order valence-electron chi connectivity index (χ0n) is 15.0. The van der Waals surface area contributed by atoms with Crippen LogP contribution in [0.25, 0.3) is 11.3 Å². The van der Waals surface area contributed by atoms with Crippen molar-refractivity contribution in [1.82, 2.24) is 10.2 Å². The maximum atomic E-state index is 12.5. The quantitative estimate of drug-likeness (QED) is 0.864. The second-order valence-electron chi connectivity index (χ2n) is 7.20. The summed E-state index contributed by atoms with van der Waals surface area (Å²) in [7, 11) is 0. The molecule has 1 amide bonds. The van der Waals surface area contributed by atoms with E-state index in [2.05, 4.69) is 54.5 Å². The monoisotopic (exact) mass is 313 g/mol. The summed E-state index contributed by atoms with van der Waals surface area (Å²) < 4.78 is 0. The SMILES string of the molecule is CCCc1[nH]nc(-c2ccc(C)cc2C)c1NC(=O)C(C)(C)C. The average Bonchev–Trinajstić information content (AvgIpc) is 2.81. The number of amides is 1. The molecule has 0 saturated carbocycles. The fourth-order valence-electron chi connectivity index (χ4n) is 2.52. The molecular weight excluding hydrogens is 286 g/mol. The van der Waals surface area contributed by atoms with Crippen LogP contribution in [-0.4, -0.2) is 16.1 Å². The van der Waals surface area contributed by atoms with Crippen LogP contribution in [0.4, 0.5) is 5.69 Å². The van der Waals surface area contributed by atoms with Gasteiger partial charge in [-0.25, -0.2) is 0 Å². The first-order valence-electron chi connectivity index (χ1n) is 8.20. The lowest BCUT2D eigenvalue weighted by Gasteiger charge is -2.18. The lowest BCUT2D eigenvalue weighted by molar-refractivity contribution is -0.123. The topological polar surface area (TPSA) is 57.8 Å². The second kappa shape index (κ2) is 6.57. The number of aryl methyl sites for hydroxylation is 3.